The lowest BCUT2D eigenvalue weighted by atomic mass is 9.44. The van der Waals surface area contributed by atoms with Crippen molar-refractivity contribution < 1.29 is 8.78 Å². The summed E-state index contributed by atoms with van der Waals surface area (Å²) in [5.41, 5.74) is 0.719. The molecule has 0 aromatic heterocycles. The summed E-state index contributed by atoms with van der Waals surface area (Å²) in [5, 5.41) is 0. The molecule has 0 aliphatic heterocycles. The van der Waals surface area contributed by atoms with Crippen LogP contribution in [0.25, 0.3) is 0 Å². The minimum absolute atomic E-state index is 0.140. The molecule has 0 heterocycles. The number of alkyl halides is 2. The molecular weight excluding hydrogens is 326 g/mol. The number of hydrogen-bond donors (Lipinski definition) is 0. The van der Waals surface area contributed by atoms with Gasteiger partial charge in [-0.3, -0.25) is 0 Å². The SMILES string of the molecule is CCC[C@@H](C)[C@H]1CC[C@H]2[C@@H]3CCC4CC(F)(F)CC[C@]4(C)[C@H]3CC[C@]12C. The topological polar surface area (TPSA) is 0 Å². The smallest absolute Gasteiger partial charge is 0.207 e. The predicted octanol–water partition coefficient (Wildman–Crippen LogP) is 7.72. The van der Waals surface area contributed by atoms with Crippen LogP contribution in [0.1, 0.15) is 98.3 Å². The quantitative estimate of drug-likeness (QED) is 0.479. The van der Waals surface area contributed by atoms with Crippen molar-refractivity contribution >= 4 is 0 Å². The van der Waals surface area contributed by atoms with Crippen molar-refractivity contribution in [1.82, 2.24) is 0 Å². The van der Waals surface area contributed by atoms with Crippen LogP contribution in [0.15, 0.2) is 0 Å². The summed E-state index contributed by atoms with van der Waals surface area (Å²) in [5.74, 6) is 2.03. The lowest BCUT2D eigenvalue weighted by molar-refractivity contribution is -0.164. The lowest BCUT2D eigenvalue weighted by Gasteiger charge is -2.61. The molecule has 4 aliphatic rings. The van der Waals surface area contributed by atoms with E-state index in [1.165, 1.54) is 44.9 Å². The van der Waals surface area contributed by atoms with Gasteiger partial charge in [0.1, 0.15) is 0 Å². The first-order valence-corrected chi connectivity index (χ1v) is 11.6. The van der Waals surface area contributed by atoms with Crippen LogP contribution >= 0.6 is 0 Å². The molecule has 0 nitrogen and oxygen atoms in total. The zero-order chi connectivity index (χ0) is 18.7. The standard InChI is InChI=1S/C24H40F2/c1-5-6-16(2)19-9-10-20-18-8-7-17-15-24(25,26)14-13-22(17,3)21(18)11-12-23(19,20)4/h16-21H,5-15H2,1-4H3/t16-,17?,18+,19-,20+,21+,22+,23-/m1/s1. The monoisotopic (exact) mass is 366 g/mol. The molecule has 0 radical (unpaired) electrons. The lowest BCUT2D eigenvalue weighted by Crippen LogP contribution is -2.55. The van der Waals surface area contributed by atoms with Gasteiger partial charge in [-0.15, -0.1) is 0 Å². The van der Waals surface area contributed by atoms with Crippen LogP contribution < -0.4 is 0 Å². The van der Waals surface area contributed by atoms with Crippen LogP contribution in [0, 0.1) is 46.3 Å². The van der Waals surface area contributed by atoms with Crippen LogP contribution in [-0.2, 0) is 0 Å². The molecule has 0 spiro atoms. The number of fused-ring (bicyclic) bond motifs is 5. The maximum absolute atomic E-state index is 14.1. The Hall–Kier alpha value is -0.140. The van der Waals surface area contributed by atoms with Gasteiger partial charge in [-0.05, 0) is 91.3 Å². The van der Waals surface area contributed by atoms with Gasteiger partial charge in [0, 0.05) is 12.8 Å². The molecule has 4 saturated carbocycles. The molecule has 1 unspecified atom stereocenters. The zero-order valence-corrected chi connectivity index (χ0v) is 17.5. The van der Waals surface area contributed by atoms with Gasteiger partial charge in [0.05, 0.1) is 0 Å². The minimum atomic E-state index is -2.39. The molecule has 4 rings (SSSR count). The molecule has 4 aliphatic carbocycles. The van der Waals surface area contributed by atoms with Crippen LogP contribution in [0.4, 0.5) is 8.78 Å². The second-order valence-corrected chi connectivity index (χ2v) is 11.2. The van der Waals surface area contributed by atoms with Crippen molar-refractivity contribution in [2.24, 2.45) is 46.3 Å². The van der Waals surface area contributed by atoms with Gasteiger partial charge in [0.15, 0.2) is 0 Å². The van der Waals surface area contributed by atoms with E-state index in [1.807, 2.05) is 0 Å². The first-order chi connectivity index (χ1) is 12.2. The zero-order valence-electron chi connectivity index (χ0n) is 17.5. The maximum atomic E-state index is 14.1. The third-order valence-electron chi connectivity index (χ3n) is 10.1. The molecule has 8 atom stereocenters. The highest BCUT2D eigenvalue weighted by molar-refractivity contribution is 5.10. The molecule has 0 saturated heterocycles. The largest absolute Gasteiger partial charge is 0.248 e. The van der Waals surface area contributed by atoms with E-state index in [-0.39, 0.29) is 24.2 Å². The van der Waals surface area contributed by atoms with Crippen LogP contribution in [-0.4, -0.2) is 5.92 Å². The highest BCUT2D eigenvalue weighted by atomic mass is 19.3. The van der Waals surface area contributed by atoms with Gasteiger partial charge < -0.3 is 0 Å². The van der Waals surface area contributed by atoms with Crippen LogP contribution in [0.5, 0.6) is 0 Å². The number of rotatable bonds is 3. The van der Waals surface area contributed by atoms with Crippen LogP contribution in [0.2, 0.25) is 0 Å². The molecule has 2 heteroatoms. The summed E-state index contributed by atoms with van der Waals surface area (Å²) in [6.45, 7) is 9.83. The molecular formula is C24H40F2. The third kappa shape index (κ3) is 2.79. The predicted molar refractivity (Wildman–Crippen MR) is 104 cm³/mol. The van der Waals surface area contributed by atoms with E-state index in [2.05, 4.69) is 27.7 Å². The van der Waals surface area contributed by atoms with Gasteiger partial charge >= 0.3 is 0 Å². The second kappa shape index (κ2) is 6.45. The van der Waals surface area contributed by atoms with Gasteiger partial charge in [0.25, 0.3) is 0 Å². The first-order valence-electron chi connectivity index (χ1n) is 11.6. The van der Waals surface area contributed by atoms with Crippen molar-refractivity contribution in [3.63, 3.8) is 0 Å². The highest BCUT2D eigenvalue weighted by Crippen LogP contribution is 2.69. The summed E-state index contributed by atoms with van der Waals surface area (Å²) in [6, 6.07) is 0. The molecule has 0 bridgehead atoms. The van der Waals surface area contributed by atoms with Crippen LogP contribution in [0.3, 0.4) is 0 Å². The summed E-state index contributed by atoms with van der Waals surface area (Å²) in [6.07, 6.45) is 11.6. The van der Waals surface area contributed by atoms with Crippen molar-refractivity contribution in [3.05, 3.63) is 0 Å². The Morgan fingerprint density at radius 3 is 2.35 bits per heavy atom. The first kappa shape index (κ1) is 19.2. The van der Waals surface area contributed by atoms with Crippen molar-refractivity contribution in [1.29, 1.82) is 0 Å². The molecule has 4 fully saturated rings. The van der Waals surface area contributed by atoms with Crippen molar-refractivity contribution in [2.45, 2.75) is 104 Å². The molecule has 150 valence electrons. The fraction of sp³-hybridized carbons (Fsp3) is 1.00. The molecule has 26 heavy (non-hydrogen) atoms. The Morgan fingerprint density at radius 2 is 1.62 bits per heavy atom. The van der Waals surface area contributed by atoms with E-state index in [1.54, 1.807) is 0 Å². The summed E-state index contributed by atoms with van der Waals surface area (Å²) >= 11 is 0. The van der Waals surface area contributed by atoms with E-state index in [4.69, 9.17) is 0 Å². The number of halogens is 2. The van der Waals surface area contributed by atoms with E-state index < -0.39 is 5.92 Å². The molecule has 0 N–H and O–H groups in total. The Bertz CT molecular complexity index is 528. The maximum Gasteiger partial charge on any atom is 0.248 e. The average Bonchev–Trinajstić information content (AvgIpc) is 2.93. The van der Waals surface area contributed by atoms with Gasteiger partial charge in [-0.2, -0.15) is 0 Å². The van der Waals surface area contributed by atoms with Gasteiger partial charge in [0.2, 0.25) is 5.92 Å². The fourth-order valence-corrected chi connectivity index (χ4v) is 8.81. The normalized spacial score (nSPS) is 51.2. The summed E-state index contributed by atoms with van der Waals surface area (Å²) in [4.78, 5) is 0. The molecule has 0 amide bonds. The minimum Gasteiger partial charge on any atom is -0.207 e. The Labute approximate surface area is 159 Å². The van der Waals surface area contributed by atoms with E-state index in [9.17, 15) is 8.78 Å². The molecule has 0 aromatic rings. The van der Waals surface area contributed by atoms with Gasteiger partial charge in [-0.1, -0.05) is 40.5 Å². The van der Waals surface area contributed by atoms with E-state index in [0.29, 0.717) is 5.41 Å². The second-order valence-electron chi connectivity index (χ2n) is 11.2. The molecule has 0 aromatic carbocycles. The Morgan fingerprint density at radius 1 is 0.885 bits per heavy atom. The summed E-state index contributed by atoms with van der Waals surface area (Å²) in [7, 11) is 0. The van der Waals surface area contributed by atoms with Crippen molar-refractivity contribution in [3.8, 4) is 0 Å². The Balaban J connectivity index is 1.56. The van der Waals surface area contributed by atoms with E-state index >= 15 is 0 Å². The average molecular weight is 367 g/mol. The summed E-state index contributed by atoms with van der Waals surface area (Å²) < 4.78 is 28.1. The van der Waals surface area contributed by atoms with Gasteiger partial charge in [-0.25, -0.2) is 8.78 Å². The number of hydrogen-bond acceptors (Lipinski definition) is 0. The van der Waals surface area contributed by atoms with E-state index in [0.717, 1.165) is 42.4 Å². The van der Waals surface area contributed by atoms with Crippen molar-refractivity contribution in [2.75, 3.05) is 0 Å². The Kier molecular flexibility index (Phi) is 4.76. The third-order valence-corrected chi connectivity index (χ3v) is 10.1. The highest BCUT2D eigenvalue weighted by Gasteiger charge is 2.61. The fourth-order valence-electron chi connectivity index (χ4n) is 8.81.